The van der Waals surface area contributed by atoms with E-state index in [0.29, 0.717) is 12.0 Å². The van der Waals surface area contributed by atoms with Crippen LogP contribution in [-0.4, -0.2) is 21.3 Å². The Kier molecular flexibility index (Phi) is 5.15. The van der Waals surface area contributed by atoms with Crippen molar-refractivity contribution in [1.82, 2.24) is 4.98 Å². The van der Waals surface area contributed by atoms with Gasteiger partial charge in [0, 0.05) is 23.3 Å². The minimum atomic E-state index is -1.59. The van der Waals surface area contributed by atoms with E-state index in [0.717, 1.165) is 17.4 Å². The van der Waals surface area contributed by atoms with Crippen LogP contribution in [-0.2, 0) is 0 Å². The molecule has 0 saturated heterocycles. The Morgan fingerprint density at radius 2 is 1.47 bits per heavy atom. The van der Waals surface area contributed by atoms with Crippen LogP contribution in [0.4, 0.5) is 5.69 Å². The monoisotopic (exact) mass is 416 g/mol. The van der Waals surface area contributed by atoms with Crippen molar-refractivity contribution < 1.29 is 0 Å². The maximum Gasteiger partial charge on any atom is 0.124 e. The van der Waals surface area contributed by atoms with Crippen molar-refractivity contribution in [3.63, 3.8) is 0 Å². The molecule has 30 heavy (non-hydrogen) atoms. The third-order valence-electron chi connectivity index (χ3n) is 8.51. The van der Waals surface area contributed by atoms with Crippen molar-refractivity contribution in [2.24, 2.45) is 17.8 Å². The van der Waals surface area contributed by atoms with Gasteiger partial charge in [-0.1, -0.05) is 80.9 Å². The number of fused-ring (bicyclic) bond motifs is 3. The number of allylic oxidation sites excluding steroid dienone is 1. The van der Waals surface area contributed by atoms with E-state index in [4.69, 9.17) is 0 Å². The van der Waals surface area contributed by atoms with E-state index in [-0.39, 0.29) is 0 Å². The minimum absolute atomic E-state index is 0.588. The molecule has 2 fully saturated rings. The van der Waals surface area contributed by atoms with Crippen molar-refractivity contribution in [2.45, 2.75) is 57.3 Å². The summed E-state index contributed by atoms with van der Waals surface area (Å²) in [5, 5.41) is 0. The summed E-state index contributed by atoms with van der Waals surface area (Å²) in [5.74, 6) is 2.34. The lowest BCUT2D eigenvalue weighted by Gasteiger charge is -2.43. The Labute approximate surface area is 183 Å². The first kappa shape index (κ1) is 20.1. The van der Waals surface area contributed by atoms with Gasteiger partial charge in [-0.2, -0.15) is 0 Å². The Morgan fingerprint density at radius 1 is 0.867 bits per heavy atom. The maximum atomic E-state index is 3.86. The number of para-hydroxylation sites is 1. The highest BCUT2D eigenvalue weighted by Gasteiger charge is 2.61. The van der Waals surface area contributed by atoms with E-state index in [1.807, 2.05) is 0 Å². The summed E-state index contributed by atoms with van der Waals surface area (Å²) < 4.78 is 0. The molecular formula is C27H36N2Si. The van der Waals surface area contributed by atoms with Gasteiger partial charge in [0.25, 0.3) is 0 Å². The third-order valence-corrected chi connectivity index (χ3v) is 12.2. The van der Waals surface area contributed by atoms with Crippen LogP contribution in [0.3, 0.4) is 0 Å². The van der Waals surface area contributed by atoms with Crippen LogP contribution < -0.4 is 9.88 Å². The van der Waals surface area contributed by atoms with Crippen molar-refractivity contribution in [3.05, 3.63) is 71.9 Å². The number of benzene rings is 2. The predicted molar refractivity (Wildman–Crippen MR) is 131 cm³/mol. The molecule has 1 aliphatic heterocycles. The van der Waals surface area contributed by atoms with Crippen molar-refractivity contribution >= 4 is 19.5 Å². The molecule has 0 bridgehead atoms. The summed E-state index contributed by atoms with van der Waals surface area (Å²) in [6, 6.07) is 23.1. The van der Waals surface area contributed by atoms with Crippen LogP contribution in [0.25, 0.3) is 5.57 Å². The van der Waals surface area contributed by atoms with Crippen molar-refractivity contribution in [2.75, 3.05) is 11.9 Å². The summed E-state index contributed by atoms with van der Waals surface area (Å²) in [6.45, 7) is 7.53. The van der Waals surface area contributed by atoms with E-state index in [2.05, 4.69) is 97.6 Å². The Bertz CT molecular complexity index is 920. The second kappa shape index (κ2) is 7.69. The lowest BCUT2D eigenvalue weighted by atomic mass is 9.74. The minimum Gasteiger partial charge on any atom is -0.341 e. The molecule has 5 rings (SSSR count). The number of hydrogen-bond acceptors (Lipinski definition) is 2. The summed E-state index contributed by atoms with van der Waals surface area (Å²) in [5.41, 5.74) is 6.70. The quantitative estimate of drug-likeness (QED) is 0.569. The highest BCUT2D eigenvalue weighted by molar-refractivity contribution is 6.76. The first-order valence-corrected chi connectivity index (χ1v) is 14.9. The fourth-order valence-electron chi connectivity index (χ4n) is 7.21. The second-order valence-corrected chi connectivity index (χ2v) is 14.8. The van der Waals surface area contributed by atoms with E-state index < -0.39 is 8.24 Å². The second-order valence-electron chi connectivity index (χ2n) is 10.2. The molecule has 5 atom stereocenters. The van der Waals surface area contributed by atoms with E-state index in [1.54, 1.807) is 5.57 Å². The zero-order valence-electron chi connectivity index (χ0n) is 18.9. The van der Waals surface area contributed by atoms with Gasteiger partial charge < -0.3 is 9.88 Å². The van der Waals surface area contributed by atoms with Crippen molar-refractivity contribution in [1.29, 1.82) is 0 Å². The molecule has 158 valence electrons. The first-order chi connectivity index (χ1) is 14.5. The first-order valence-electron chi connectivity index (χ1n) is 11.8. The molecule has 5 unspecified atom stereocenters. The number of nitrogens with one attached hydrogen (secondary N) is 1. The zero-order chi connectivity index (χ0) is 20.9. The molecule has 0 aromatic heterocycles. The topological polar surface area (TPSA) is 15.3 Å². The van der Waals surface area contributed by atoms with Gasteiger partial charge >= 0.3 is 0 Å². The highest BCUT2D eigenvalue weighted by Crippen LogP contribution is 2.64. The average molecular weight is 417 g/mol. The SMILES string of the molecule is CN[Si](C)(C)C1C2CCCCC2C2C(c3ccccc3)=C(C)N(c3ccccc3)C21. The van der Waals surface area contributed by atoms with Gasteiger partial charge in [-0.15, -0.1) is 0 Å². The molecule has 3 heteroatoms. The number of anilines is 1. The molecule has 2 aromatic rings. The van der Waals surface area contributed by atoms with Gasteiger partial charge in [0.2, 0.25) is 0 Å². The predicted octanol–water partition coefficient (Wildman–Crippen LogP) is 6.54. The van der Waals surface area contributed by atoms with Crippen molar-refractivity contribution in [3.8, 4) is 0 Å². The van der Waals surface area contributed by atoms with E-state index in [1.165, 1.54) is 42.6 Å². The Balaban J connectivity index is 1.71. The fraction of sp³-hybridized carbons (Fsp3) is 0.481. The number of nitrogens with zero attached hydrogens (tertiary/aromatic N) is 1. The zero-order valence-corrected chi connectivity index (χ0v) is 19.9. The molecule has 1 N–H and O–H groups in total. The average Bonchev–Trinajstić information content (AvgIpc) is 3.26. The lowest BCUT2D eigenvalue weighted by Crippen LogP contribution is -2.54. The largest absolute Gasteiger partial charge is 0.341 e. The standard InChI is InChI=1S/C27H36N2Si/c1-19-24(20-13-7-5-8-14-20)25-22-17-11-12-18-23(22)27(30(3,4)28-2)26(25)29(19)21-15-9-6-10-16-21/h5-10,13-16,22-23,25-28H,11-12,17-18H2,1-4H3. The smallest absolute Gasteiger partial charge is 0.124 e. The van der Waals surface area contributed by atoms with Gasteiger partial charge in [0.1, 0.15) is 8.24 Å². The Morgan fingerprint density at radius 3 is 2.10 bits per heavy atom. The summed E-state index contributed by atoms with van der Waals surface area (Å²) in [7, 11) is 0.628. The van der Waals surface area contributed by atoms with Gasteiger partial charge in [0.05, 0.1) is 0 Å². The molecule has 2 aromatic carbocycles. The molecule has 2 aliphatic carbocycles. The van der Waals surface area contributed by atoms with Gasteiger partial charge in [-0.3, -0.25) is 0 Å². The summed E-state index contributed by atoms with van der Waals surface area (Å²) >= 11 is 0. The Hall–Kier alpha value is -1.84. The van der Waals surface area contributed by atoms with E-state index in [9.17, 15) is 0 Å². The van der Waals surface area contributed by atoms with Crippen LogP contribution in [0, 0.1) is 17.8 Å². The maximum absolute atomic E-state index is 3.86. The van der Waals surface area contributed by atoms with Crippen LogP contribution in [0.15, 0.2) is 66.4 Å². The summed E-state index contributed by atoms with van der Waals surface area (Å²) in [6.07, 6.45) is 5.65. The van der Waals surface area contributed by atoms with Gasteiger partial charge in [-0.05, 0) is 61.0 Å². The summed E-state index contributed by atoms with van der Waals surface area (Å²) in [4.78, 5) is 6.62. The van der Waals surface area contributed by atoms with Gasteiger partial charge in [0.15, 0.2) is 0 Å². The van der Waals surface area contributed by atoms with Gasteiger partial charge in [-0.25, -0.2) is 0 Å². The van der Waals surface area contributed by atoms with Crippen LogP contribution >= 0.6 is 0 Å². The number of hydrogen-bond donors (Lipinski definition) is 1. The van der Waals surface area contributed by atoms with Crippen LogP contribution in [0.1, 0.15) is 38.2 Å². The molecule has 0 radical (unpaired) electrons. The van der Waals surface area contributed by atoms with Crippen LogP contribution in [0.5, 0.6) is 0 Å². The number of rotatable bonds is 4. The molecular weight excluding hydrogens is 380 g/mol. The molecule has 2 nitrogen and oxygen atoms in total. The molecule has 3 aliphatic rings. The van der Waals surface area contributed by atoms with E-state index >= 15 is 0 Å². The van der Waals surface area contributed by atoms with Crippen LogP contribution in [0.2, 0.25) is 18.6 Å². The molecule has 0 spiro atoms. The molecule has 0 amide bonds. The lowest BCUT2D eigenvalue weighted by molar-refractivity contribution is 0.252. The molecule has 2 saturated carbocycles. The normalized spacial score (nSPS) is 31.1. The molecule has 1 heterocycles. The fourth-order valence-corrected chi connectivity index (χ4v) is 10.2. The third kappa shape index (κ3) is 3.01. The highest BCUT2D eigenvalue weighted by atomic mass is 28.3.